The highest BCUT2D eigenvalue weighted by molar-refractivity contribution is 7.07. The Balaban J connectivity index is 1.62. The van der Waals surface area contributed by atoms with Crippen LogP contribution in [0.1, 0.15) is 42.1 Å². The number of carbonyl (C=O) groups is 1. The number of rotatable bonds is 7. The predicted molar refractivity (Wildman–Crippen MR) is 154 cm³/mol. The van der Waals surface area contributed by atoms with Gasteiger partial charge in [0.05, 0.1) is 40.1 Å². The van der Waals surface area contributed by atoms with Gasteiger partial charge in [-0.25, -0.2) is 14.2 Å². The number of ether oxygens (including phenoxy) is 2. The highest BCUT2D eigenvalue weighted by Crippen LogP contribution is 2.31. The maximum absolute atomic E-state index is 13.9. The first kappa shape index (κ1) is 28.0. The Labute approximate surface area is 243 Å². The van der Waals surface area contributed by atoms with Crippen molar-refractivity contribution in [3.63, 3.8) is 0 Å². The molecule has 1 aliphatic heterocycles. The van der Waals surface area contributed by atoms with Gasteiger partial charge in [-0.1, -0.05) is 53.3 Å². The van der Waals surface area contributed by atoms with Crippen molar-refractivity contribution in [2.75, 3.05) is 6.61 Å². The van der Waals surface area contributed by atoms with Crippen molar-refractivity contribution >= 4 is 35.0 Å². The molecule has 0 N–H and O–H groups in total. The standard InChI is InChI=1S/C31H23ClFN3O4S/c1-3-39-30(38)27-18(2)35-31-36(28(27)19-8-11-24(33)12-9-19)29(37)26(41-31)15-22-14-23(32)10-13-25(22)40-17-21-7-5-4-6-20(21)16-34/h4-15,28H,3,17H2,1-2H3/b26-15-/t28-/m0/s1. The number of benzene rings is 3. The number of fused-ring (bicyclic) bond motifs is 1. The number of hydrogen-bond acceptors (Lipinski definition) is 7. The van der Waals surface area contributed by atoms with Gasteiger partial charge in [-0.3, -0.25) is 9.36 Å². The Kier molecular flexibility index (Phi) is 8.15. The van der Waals surface area contributed by atoms with Crippen LogP contribution in [0.25, 0.3) is 6.08 Å². The van der Waals surface area contributed by atoms with Crippen molar-refractivity contribution in [3.05, 3.63) is 131 Å². The second kappa shape index (κ2) is 11.9. The van der Waals surface area contributed by atoms with Gasteiger partial charge in [-0.2, -0.15) is 5.26 Å². The van der Waals surface area contributed by atoms with Gasteiger partial charge in [-0.15, -0.1) is 0 Å². The molecule has 5 rings (SSSR count). The van der Waals surface area contributed by atoms with Crippen molar-refractivity contribution < 1.29 is 18.7 Å². The third-order valence-electron chi connectivity index (χ3n) is 6.48. The van der Waals surface area contributed by atoms with Crippen LogP contribution in [0.15, 0.2) is 87.8 Å². The number of halogens is 2. The van der Waals surface area contributed by atoms with E-state index in [1.165, 1.54) is 28.8 Å². The number of allylic oxidation sites excluding steroid dienone is 1. The molecule has 4 aromatic rings. The van der Waals surface area contributed by atoms with Crippen molar-refractivity contribution in [2.24, 2.45) is 4.99 Å². The summed E-state index contributed by atoms with van der Waals surface area (Å²) in [4.78, 5) is 31.8. The number of thiazole rings is 1. The third kappa shape index (κ3) is 5.71. The van der Waals surface area contributed by atoms with Gasteiger partial charge in [-0.05, 0) is 61.9 Å². The Morgan fingerprint density at radius 1 is 1.20 bits per heavy atom. The van der Waals surface area contributed by atoms with Crippen LogP contribution in [-0.4, -0.2) is 17.1 Å². The summed E-state index contributed by atoms with van der Waals surface area (Å²) >= 11 is 7.45. The fourth-order valence-corrected chi connectivity index (χ4v) is 5.79. The van der Waals surface area contributed by atoms with E-state index in [1.807, 2.05) is 12.1 Å². The van der Waals surface area contributed by atoms with Gasteiger partial charge in [0.15, 0.2) is 4.80 Å². The highest BCUT2D eigenvalue weighted by Gasteiger charge is 2.33. The molecule has 206 valence electrons. The molecule has 0 saturated carbocycles. The molecule has 2 heterocycles. The molecule has 0 spiro atoms. The SMILES string of the molecule is CCOC(=O)C1=C(C)N=c2s/c(=C\c3cc(Cl)ccc3OCc3ccccc3C#N)c(=O)n2[C@H]1c1ccc(F)cc1. The average Bonchev–Trinajstić information content (AvgIpc) is 3.26. The van der Waals surface area contributed by atoms with Crippen LogP contribution in [0.3, 0.4) is 0 Å². The van der Waals surface area contributed by atoms with Crippen LogP contribution in [0.5, 0.6) is 5.75 Å². The monoisotopic (exact) mass is 587 g/mol. The molecule has 0 saturated heterocycles. The lowest BCUT2D eigenvalue weighted by atomic mass is 9.96. The normalized spacial score (nSPS) is 14.7. The van der Waals surface area contributed by atoms with E-state index in [0.29, 0.717) is 42.5 Å². The summed E-state index contributed by atoms with van der Waals surface area (Å²) in [6.07, 6.45) is 1.66. The summed E-state index contributed by atoms with van der Waals surface area (Å²) < 4.78 is 26.9. The lowest BCUT2D eigenvalue weighted by Gasteiger charge is -2.24. The molecule has 0 unspecified atom stereocenters. The van der Waals surface area contributed by atoms with E-state index in [4.69, 9.17) is 21.1 Å². The number of aromatic nitrogens is 1. The van der Waals surface area contributed by atoms with E-state index < -0.39 is 23.4 Å². The Morgan fingerprint density at radius 3 is 2.68 bits per heavy atom. The fraction of sp³-hybridized carbons (Fsp3) is 0.161. The number of nitrogens with zero attached hydrogens (tertiary/aromatic N) is 3. The predicted octanol–water partition coefficient (Wildman–Crippen LogP) is 5.04. The lowest BCUT2D eigenvalue weighted by molar-refractivity contribution is -0.139. The quantitative estimate of drug-likeness (QED) is 0.282. The number of carbonyl (C=O) groups excluding carboxylic acids is 1. The Bertz CT molecular complexity index is 1910. The summed E-state index contributed by atoms with van der Waals surface area (Å²) in [6.45, 7) is 3.66. The molecule has 10 heteroatoms. The molecular formula is C31H23ClFN3O4S. The smallest absolute Gasteiger partial charge is 0.338 e. The minimum atomic E-state index is -0.856. The van der Waals surface area contributed by atoms with E-state index >= 15 is 0 Å². The van der Waals surface area contributed by atoms with Gasteiger partial charge in [0.1, 0.15) is 18.2 Å². The largest absolute Gasteiger partial charge is 0.488 e. The fourth-order valence-electron chi connectivity index (χ4n) is 4.57. The molecule has 7 nitrogen and oxygen atoms in total. The average molecular weight is 588 g/mol. The molecule has 0 fully saturated rings. The van der Waals surface area contributed by atoms with E-state index in [2.05, 4.69) is 11.1 Å². The number of nitriles is 1. The maximum Gasteiger partial charge on any atom is 0.338 e. The minimum Gasteiger partial charge on any atom is -0.488 e. The van der Waals surface area contributed by atoms with Crippen molar-refractivity contribution in [3.8, 4) is 11.8 Å². The first-order chi connectivity index (χ1) is 19.8. The number of esters is 1. The van der Waals surface area contributed by atoms with Crippen molar-refractivity contribution in [1.29, 1.82) is 5.26 Å². The van der Waals surface area contributed by atoms with Crippen LogP contribution >= 0.6 is 22.9 Å². The maximum atomic E-state index is 13.9. The van der Waals surface area contributed by atoms with Gasteiger partial charge in [0.25, 0.3) is 5.56 Å². The van der Waals surface area contributed by atoms with Gasteiger partial charge in [0.2, 0.25) is 0 Å². The first-order valence-electron chi connectivity index (χ1n) is 12.7. The molecule has 0 amide bonds. The van der Waals surface area contributed by atoms with Gasteiger partial charge >= 0.3 is 5.97 Å². The van der Waals surface area contributed by atoms with E-state index in [-0.39, 0.29) is 18.8 Å². The van der Waals surface area contributed by atoms with Gasteiger partial charge in [0, 0.05) is 16.1 Å². The molecule has 1 atom stereocenters. The molecule has 1 aromatic heterocycles. The topological polar surface area (TPSA) is 93.7 Å². The Morgan fingerprint density at radius 2 is 1.95 bits per heavy atom. The van der Waals surface area contributed by atoms with Crippen LogP contribution in [0.2, 0.25) is 5.02 Å². The van der Waals surface area contributed by atoms with Crippen LogP contribution in [-0.2, 0) is 16.1 Å². The molecule has 3 aromatic carbocycles. The van der Waals surface area contributed by atoms with Crippen LogP contribution in [0.4, 0.5) is 4.39 Å². The Hall–Kier alpha value is -4.52. The van der Waals surface area contributed by atoms with E-state index in [0.717, 1.165) is 16.9 Å². The summed E-state index contributed by atoms with van der Waals surface area (Å²) in [6, 6.07) is 19.1. The zero-order chi connectivity index (χ0) is 29.1. The molecule has 41 heavy (non-hydrogen) atoms. The molecule has 1 aliphatic rings. The zero-order valence-electron chi connectivity index (χ0n) is 22.1. The van der Waals surface area contributed by atoms with Crippen LogP contribution in [0, 0.1) is 17.1 Å². The highest BCUT2D eigenvalue weighted by atomic mass is 35.5. The molecule has 0 radical (unpaired) electrons. The summed E-state index contributed by atoms with van der Waals surface area (Å²) in [5, 5.41) is 9.85. The van der Waals surface area contributed by atoms with E-state index in [9.17, 15) is 19.2 Å². The number of hydrogen-bond donors (Lipinski definition) is 0. The second-order valence-corrected chi connectivity index (χ2v) is 10.5. The zero-order valence-corrected chi connectivity index (χ0v) is 23.6. The molecular weight excluding hydrogens is 565 g/mol. The second-order valence-electron chi connectivity index (χ2n) is 9.09. The molecule has 0 aliphatic carbocycles. The van der Waals surface area contributed by atoms with Crippen molar-refractivity contribution in [2.45, 2.75) is 26.5 Å². The third-order valence-corrected chi connectivity index (χ3v) is 7.70. The van der Waals surface area contributed by atoms with Crippen molar-refractivity contribution in [1.82, 2.24) is 4.57 Å². The summed E-state index contributed by atoms with van der Waals surface area (Å²) in [7, 11) is 0. The lowest BCUT2D eigenvalue weighted by Crippen LogP contribution is -2.39. The summed E-state index contributed by atoms with van der Waals surface area (Å²) in [5.74, 6) is -0.572. The van der Waals surface area contributed by atoms with E-state index in [1.54, 1.807) is 50.3 Å². The van der Waals surface area contributed by atoms with Crippen LogP contribution < -0.4 is 19.6 Å². The van der Waals surface area contributed by atoms with Gasteiger partial charge < -0.3 is 9.47 Å². The minimum absolute atomic E-state index is 0.139. The molecule has 0 bridgehead atoms. The summed E-state index contributed by atoms with van der Waals surface area (Å²) in [5.41, 5.74) is 2.55. The first-order valence-corrected chi connectivity index (χ1v) is 13.9.